The highest BCUT2D eigenvalue weighted by Crippen LogP contribution is 2.30. The molecule has 0 N–H and O–H groups in total. The normalized spacial score (nSPS) is 10.8. The molecule has 0 amide bonds. The molecule has 0 bridgehead atoms. The Bertz CT molecular complexity index is 565. The van der Waals surface area contributed by atoms with Crippen LogP contribution in [0.25, 0.3) is 11.4 Å². The van der Waals surface area contributed by atoms with Gasteiger partial charge in [-0.2, -0.15) is 0 Å². The SMILES string of the molecule is CC(C)Oc1ccc(-c2nc(Cl)c(Br)c(Cl)n2)cc1. The van der Waals surface area contributed by atoms with Crippen LogP contribution in [0, 0.1) is 0 Å². The zero-order valence-corrected chi connectivity index (χ0v) is 13.4. The molecule has 0 atom stereocenters. The van der Waals surface area contributed by atoms with Crippen molar-refractivity contribution in [1.29, 1.82) is 0 Å². The summed E-state index contributed by atoms with van der Waals surface area (Å²) < 4.78 is 6.07. The van der Waals surface area contributed by atoms with Crippen molar-refractivity contribution in [3.63, 3.8) is 0 Å². The van der Waals surface area contributed by atoms with Gasteiger partial charge in [0.1, 0.15) is 16.1 Å². The summed E-state index contributed by atoms with van der Waals surface area (Å²) >= 11 is 15.1. The summed E-state index contributed by atoms with van der Waals surface area (Å²) in [7, 11) is 0. The Morgan fingerprint density at radius 3 is 2.05 bits per heavy atom. The molecule has 100 valence electrons. The smallest absolute Gasteiger partial charge is 0.162 e. The van der Waals surface area contributed by atoms with Crippen molar-refractivity contribution in [2.75, 3.05) is 0 Å². The van der Waals surface area contributed by atoms with E-state index in [9.17, 15) is 0 Å². The van der Waals surface area contributed by atoms with Gasteiger partial charge in [0.2, 0.25) is 0 Å². The molecule has 1 aromatic heterocycles. The number of benzene rings is 1. The Labute approximate surface area is 130 Å². The van der Waals surface area contributed by atoms with Gasteiger partial charge in [0.05, 0.1) is 10.6 Å². The van der Waals surface area contributed by atoms with E-state index in [0.717, 1.165) is 11.3 Å². The Hall–Kier alpha value is -0.840. The van der Waals surface area contributed by atoms with Crippen molar-refractivity contribution in [3.8, 4) is 17.1 Å². The molecule has 0 radical (unpaired) electrons. The van der Waals surface area contributed by atoms with Crippen LogP contribution in [0.4, 0.5) is 0 Å². The van der Waals surface area contributed by atoms with Gasteiger partial charge in [0, 0.05) is 5.56 Å². The van der Waals surface area contributed by atoms with E-state index >= 15 is 0 Å². The van der Waals surface area contributed by atoms with Gasteiger partial charge < -0.3 is 4.74 Å². The first-order valence-corrected chi connectivity index (χ1v) is 7.18. The molecule has 1 aromatic carbocycles. The molecule has 0 saturated heterocycles. The van der Waals surface area contributed by atoms with Gasteiger partial charge in [0.25, 0.3) is 0 Å². The third kappa shape index (κ3) is 3.59. The van der Waals surface area contributed by atoms with Gasteiger partial charge in [-0.15, -0.1) is 0 Å². The van der Waals surface area contributed by atoms with Gasteiger partial charge in [-0.05, 0) is 54.0 Å². The number of hydrogen-bond acceptors (Lipinski definition) is 3. The summed E-state index contributed by atoms with van der Waals surface area (Å²) in [5.74, 6) is 1.28. The molecule has 19 heavy (non-hydrogen) atoms. The van der Waals surface area contributed by atoms with Gasteiger partial charge in [0.15, 0.2) is 5.82 Å². The molecule has 0 aliphatic rings. The molecule has 1 heterocycles. The lowest BCUT2D eigenvalue weighted by Gasteiger charge is -2.10. The van der Waals surface area contributed by atoms with E-state index in [0.29, 0.717) is 10.3 Å². The molecule has 2 rings (SSSR count). The zero-order chi connectivity index (χ0) is 14.0. The lowest BCUT2D eigenvalue weighted by atomic mass is 10.2. The van der Waals surface area contributed by atoms with E-state index in [4.69, 9.17) is 27.9 Å². The number of nitrogens with zero attached hydrogens (tertiary/aromatic N) is 2. The summed E-state index contributed by atoms with van der Waals surface area (Å²) in [6, 6.07) is 7.46. The third-order valence-corrected chi connectivity index (χ3v) is 4.01. The highest BCUT2D eigenvalue weighted by Gasteiger charge is 2.10. The molecule has 0 aliphatic heterocycles. The molecular formula is C13H11BrCl2N2O. The van der Waals surface area contributed by atoms with Crippen molar-refractivity contribution >= 4 is 39.1 Å². The third-order valence-electron chi connectivity index (χ3n) is 2.25. The Morgan fingerprint density at radius 2 is 1.58 bits per heavy atom. The molecule has 0 saturated carbocycles. The van der Waals surface area contributed by atoms with Crippen molar-refractivity contribution in [2.45, 2.75) is 20.0 Å². The van der Waals surface area contributed by atoms with Crippen LogP contribution >= 0.6 is 39.1 Å². The molecule has 0 unspecified atom stereocenters. The van der Waals surface area contributed by atoms with Crippen molar-refractivity contribution < 1.29 is 4.74 Å². The largest absolute Gasteiger partial charge is 0.491 e. The van der Waals surface area contributed by atoms with Gasteiger partial charge >= 0.3 is 0 Å². The Kier molecular flexibility index (Phi) is 4.66. The summed E-state index contributed by atoms with van der Waals surface area (Å²) in [6.07, 6.45) is 0.138. The minimum Gasteiger partial charge on any atom is -0.491 e. The van der Waals surface area contributed by atoms with Crippen LogP contribution in [0.15, 0.2) is 28.7 Å². The van der Waals surface area contributed by atoms with Crippen LogP contribution in [0.2, 0.25) is 10.3 Å². The summed E-state index contributed by atoms with van der Waals surface area (Å²) in [5, 5.41) is 0.579. The van der Waals surface area contributed by atoms with Crippen LogP contribution in [-0.2, 0) is 0 Å². The molecule has 3 nitrogen and oxygen atoms in total. The lowest BCUT2D eigenvalue weighted by molar-refractivity contribution is 0.242. The van der Waals surface area contributed by atoms with Crippen LogP contribution in [0.1, 0.15) is 13.8 Å². The quantitative estimate of drug-likeness (QED) is 0.721. The predicted molar refractivity (Wildman–Crippen MR) is 81.0 cm³/mol. The van der Waals surface area contributed by atoms with Crippen LogP contribution in [-0.4, -0.2) is 16.1 Å². The first kappa shape index (κ1) is 14.6. The average Bonchev–Trinajstić information content (AvgIpc) is 2.35. The second-order valence-corrected chi connectivity index (χ2v) is 5.64. The highest BCUT2D eigenvalue weighted by molar-refractivity contribution is 9.10. The zero-order valence-electron chi connectivity index (χ0n) is 10.3. The average molecular weight is 362 g/mol. The topological polar surface area (TPSA) is 35.0 Å². The minimum atomic E-state index is 0.138. The second-order valence-electron chi connectivity index (χ2n) is 4.13. The van der Waals surface area contributed by atoms with Gasteiger partial charge in [-0.3, -0.25) is 0 Å². The van der Waals surface area contributed by atoms with E-state index in [1.807, 2.05) is 38.1 Å². The lowest BCUT2D eigenvalue weighted by Crippen LogP contribution is -2.05. The molecular weight excluding hydrogens is 351 g/mol. The molecule has 0 spiro atoms. The first-order chi connectivity index (χ1) is 8.97. The van der Waals surface area contributed by atoms with Crippen molar-refractivity contribution in [1.82, 2.24) is 9.97 Å². The summed E-state index contributed by atoms with van der Waals surface area (Å²) in [6.45, 7) is 3.95. The van der Waals surface area contributed by atoms with Crippen LogP contribution in [0.3, 0.4) is 0 Å². The number of rotatable bonds is 3. The maximum atomic E-state index is 5.96. The predicted octanol–water partition coefficient (Wildman–Crippen LogP) is 5.00. The van der Waals surface area contributed by atoms with Crippen LogP contribution < -0.4 is 4.74 Å². The van der Waals surface area contributed by atoms with Gasteiger partial charge in [-0.1, -0.05) is 23.2 Å². The van der Waals surface area contributed by atoms with Crippen LogP contribution in [0.5, 0.6) is 5.75 Å². The van der Waals surface area contributed by atoms with Gasteiger partial charge in [-0.25, -0.2) is 9.97 Å². The fraction of sp³-hybridized carbons (Fsp3) is 0.231. The minimum absolute atomic E-state index is 0.138. The molecule has 2 aromatic rings. The van der Waals surface area contributed by atoms with E-state index in [2.05, 4.69) is 25.9 Å². The second kappa shape index (κ2) is 6.07. The van der Waals surface area contributed by atoms with Crippen molar-refractivity contribution in [3.05, 3.63) is 39.0 Å². The van der Waals surface area contributed by atoms with E-state index in [1.165, 1.54) is 0 Å². The molecule has 0 aliphatic carbocycles. The highest BCUT2D eigenvalue weighted by atomic mass is 79.9. The number of aromatic nitrogens is 2. The maximum Gasteiger partial charge on any atom is 0.162 e. The molecule has 6 heteroatoms. The fourth-order valence-corrected chi connectivity index (χ4v) is 2.04. The first-order valence-electron chi connectivity index (χ1n) is 5.63. The standard InChI is InChI=1S/C13H11BrCl2N2O/c1-7(2)19-9-5-3-8(4-6-9)13-17-11(15)10(14)12(16)18-13/h3-7H,1-2H3. The number of hydrogen-bond donors (Lipinski definition) is 0. The van der Waals surface area contributed by atoms with Crippen molar-refractivity contribution in [2.24, 2.45) is 0 Å². The Balaban J connectivity index is 2.32. The molecule has 0 fully saturated rings. The Morgan fingerprint density at radius 1 is 1.05 bits per heavy atom. The number of halogens is 3. The van der Waals surface area contributed by atoms with E-state index < -0.39 is 0 Å². The number of ether oxygens (including phenoxy) is 1. The monoisotopic (exact) mass is 360 g/mol. The van der Waals surface area contributed by atoms with E-state index in [1.54, 1.807) is 0 Å². The maximum absolute atomic E-state index is 5.96. The summed E-state index contributed by atoms with van der Waals surface area (Å²) in [5.41, 5.74) is 0.826. The summed E-state index contributed by atoms with van der Waals surface area (Å²) in [4.78, 5) is 8.35. The van der Waals surface area contributed by atoms with E-state index in [-0.39, 0.29) is 16.4 Å². The fourth-order valence-electron chi connectivity index (χ4n) is 1.48.